The van der Waals surface area contributed by atoms with Gasteiger partial charge in [0.1, 0.15) is 18.4 Å². The molecule has 3 nitrogen and oxygen atoms in total. The Bertz CT molecular complexity index is 503. The van der Waals surface area contributed by atoms with E-state index in [1.54, 1.807) is 6.07 Å². The zero-order valence-corrected chi connectivity index (χ0v) is 8.55. The van der Waals surface area contributed by atoms with E-state index in [4.69, 9.17) is 10.00 Å². The molecule has 0 unspecified atom stereocenters. The molecule has 3 heteroatoms. The van der Waals surface area contributed by atoms with Crippen LogP contribution in [0.25, 0.3) is 0 Å². The van der Waals surface area contributed by atoms with Crippen LogP contribution in [0.3, 0.4) is 0 Å². The Morgan fingerprint density at radius 2 is 2.06 bits per heavy atom. The zero-order valence-electron chi connectivity index (χ0n) is 8.55. The molecule has 0 aliphatic rings. The Hall–Kier alpha value is -2.34. The van der Waals surface area contributed by atoms with Crippen LogP contribution in [0.2, 0.25) is 0 Å². The lowest BCUT2D eigenvalue weighted by Gasteiger charge is -2.04. The van der Waals surface area contributed by atoms with Crippen LogP contribution in [0.1, 0.15) is 11.3 Å². The van der Waals surface area contributed by atoms with Crippen molar-refractivity contribution in [2.24, 2.45) is 0 Å². The van der Waals surface area contributed by atoms with Gasteiger partial charge in [-0.05, 0) is 17.7 Å². The second-order valence-corrected chi connectivity index (χ2v) is 3.18. The number of hydrogen-bond acceptors (Lipinski definition) is 3. The van der Waals surface area contributed by atoms with Crippen molar-refractivity contribution in [3.8, 4) is 11.9 Å². The molecule has 77 valence electrons. The number of pyridine rings is 1. The quantitative estimate of drug-likeness (QED) is 0.779. The summed E-state index contributed by atoms with van der Waals surface area (Å²) in [6.07, 6.45) is 0. The lowest BCUT2D eigenvalue weighted by Crippen LogP contribution is -1.97. The summed E-state index contributed by atoms with van der Waals surface area (Å²) in [7, 11) is 0. The molecule has 2 rings (SSSR count). The maximum Gasteiger partial charge on any atom is 0.215 e. The van der Waals surface area contributed by atoms with E-state index in [0.717, 1.165) is 5.56 Å². The molecule has 1 aromatic heterocycles. The minimum atomic E-state index is 0.311. The van der Waals surface area contributed by atoms with Crippen molar-refractivity contribution in [3.05, 3.63) is 59.8 Å². The van der Waals surface area contributed by atoms with Crippen LogP contribution in [0.4, 0.5) is 0 Å². The molecular weight excluding hydrogens is 200 g/mol. The maximum atomic E-state index is 8.66. The molecule has 0 saturated heterocycles. The first-order valence-electron chi connectivity index (χ1n) is 4.83. The van der Waals surface area contributed by atoms with Crippen LogP contribution < -0.4 is 4.74 Å². The van der Waals surface area contributed by atoms with Crippen LogP contribution in [-0.2, 0) is 6.61 Å². The third kappa shape index (κ3) is 2.58. The van der Waals surface area contributed by atoms with E-state index in [-0.39, 0.29) is 0 Å². The molecule has 0 N–H and O–H groups in total. The highest BCUT2D eigenvalue weighted by Gasteiger charge is 1.98. The van der Waals surface area contributed by atoms with Gasteiger partial charge in [-0.2, -0.15) is 5.26 Å². The molecule has 0 aliphatic carbocycles. The van der Waals surface area contributed by atoms with E-state index >= 15 is 0 Å². The van der Waals surface area contributed by atoms with Gasteiger partial charge in [0.05, 0.1) is 0 Å². The molecule has 0 saturated carbocycles. The predicted molar refractivity (Wildman–Crippen MR) is 58.6 cm³/mol. The Balaban J connectivity index is 2.03. The second kappa shape index (κ2) is 4.94. The second-order valence-electron chi connectivity index (χ2n) is 3.18. The SMILES string of the molecule is N#Cc1c[c]cc(OCc2ccccc2)n1. The summed E-state index contributed by atoms with van der Waals surface area (Å²) in [5.74, 6) is 0.419. The van der Waals surface area contributed by atoms with Gasteiger partial charge in [0, 0.05) is 6.07 Å². The maximum absolute atomic E-state index is 8.66. The lowest BCUT2D eigenvalue weighted by atomic mass is 10.2. The normalized spacial score (nSPS) is 9.44. The average Bonchev–Trinajstić information content (AvgIpc) is 2.38. The van der Waals surface area contributed by atoms with Crippen molar-refractivity contribution in [2.45, 2.75) is 6.61 Å². The van der Waals surface area contributed by atoms with Crippen molar-refractivity contribution in [2.75, 3.05) is 0 Å². The third-order valence-corrected chi connectivity index (χ3v) is 2.00. The summed E-state index contributed by atoms with van der Waals surface area (Å²) < 4.78 is 5.44. The lowest BCUT2D eigenvalue weighted by molar-refractivity contribution is 0.293. The summed E-state index contributed by atoms with van der Waals surface area (Å²) in [6, 6.07) is 17.7. The summed E-state index contributed by atoms with van der Waals surface area (Å²) in [5, 5.41) is 8.66. The van der Waals surface area contributed by atoms with Crippen LogP contribution in [0.5, 0.6) is 5.88 Å². The fraction of sp³-hybridized carbons (Fsp3) is 0.0769. The molecule has 0 bridgehead atoms. The Kier molecular flexibility index (Phi) is 3.15. The first-order chi connectivity index (χ1) is 7.88. The molecule has 1 heterocycles. The average molecular weight is 209 g/mol. The van der Waals surface area contributed by atoms with Gasteiger partial charge in [0.2, 0.25) is 5.88 Å². The predicted octanol–water partition coefficient (Wildman–Crippen LogP) is 2.33. The topological polar surface area (TPSA) is 45.9 Å². The summed E-state index contributed by atoms with van der Waals surface area (Å²) in [6.45, 7) is 0.441. The number of aromatic nitrogens is 1. The van der Waals surface area contributed by atoms with Gasteiger partial charge in [0.15, 0.2) is 0 Å². The van der Waals surface area contributed by atoms with E-state index in [0.29, 0.717) is 18.2 Å². The number of nitriles is 1. The molecule has 0 fully saturated rings. The minimum absolute atomic E-state index is 0.311. The van der Waals surface area contributed by atoms with E-state index in [2.05, 4.69) is 11.1 Å². The minimum Gasteiger partial charge on any atom is -0.473 e. The highest BCUT2D eigenvalue weighted by atomic mass is 16.5. The van der Waals surface area contributed by atoms with Crippen molar-refractivity contribution >= 4 is 0 Å². The van der Waals surface area contributed by atoms with Crippen LogP contribution in [0, 0.1) is 17.4 Å². The molecule has 0 spiro atoms. The first-order valence-corrected chi connectivity index (χ1v) is 4.83. The van der Waals surface area contributed by atoms with Gasteiger partial charge in [-0.25, -0.2) is 4.98 Å². The number of benzene rings is 1. The fourth-order valence-corrected chi connectivity index (χ4v) is 1.24. The van der Waals surface area contributed by atoms with Crippen molar-refractivity contribution in [1.29, 1.82) is 5.26 Å². The Labute approximate surface area is 93.9 Å². The molecule has 1 aromatic carbocycles. The van der Waals surface area contributed by atoms with E-state index in [9.17, 15) is 0 Å². The number of rotatable bonds is 3. The van der Waals surface area contributed by atoms with E-state index < -0.39 is 0 Å². The van der Waals surface area contributed by atoms with Gasteiger partial charge >= 0.3 is 0 Å². The van der Waals surface area contributed by atoms with Gasteiger partial charge in [-0.1, -0.05) is 30.3 Å². The molecule has 2 aromatic rings. The molecule has 0 amide bonds. The summed E-state index contributed by atoms with van der Waals surface area (Å²) >= 11 is 0. The van der Waals surface area contributed by atoms with Gasteiger partial charge in [-0.15, -0.1) is 0 Å². The smallest absolute Gasteiger partial charge is 0.215 e. The molecule has 0 atom stereocenters. The van der Waals surface area contributed by atoms with Gasteiger partial charge < -0.3 is 4.74 Å². The van der Waals surface area contributed by atoms with Crippen LogP contribution >= 0.6 is 0 Å². The largest absolute Gasteiger partial charge is 0.473 e. The molecule has 0 aliphatic heterocycles. The van der Waals surface area contributed by atoms with Crippen molar-refractivity contribution in [1.82, 2.24) is 4.98 Å². The molecular formula is C13H9N2O. The van der Waals surface area contributed by atoms with Crippen molar-refractivity contribution < 1.29 is 4.74 Å². The first kappa shape index (κ1) is 10.2. The van der Waals surface area contributed by atoms with E-state index in [1.165, 1.54) is 6.07 Å². The number of ether oxygens (including phenoxy) is 1. The monoisotopic (exact) mass is 209 g/mol. The summed E-state index contributed by atoms with van der Waals surface area (Å²) in [4.78, 5) is 3.99. The Morgan fingerprint density at radius 1 is 1.25 bits per heavy atom. The van der Waals surface area contributed by atoms with Gasteiger partial charge in [-0.3, -0.25) is 0 Å². The molecule has 16 heavy (non-hydrogen) atoms. The summed E-state index contributed by atoms with van der Waals surface area (Å²) in [5.41, 5.74) is 1.37. The van der Waals surface area contributed by atoms with Crippen LogP contribution in [-0.4, -0.2) is 4.98 Å². The highest BCUT2D eigenvalue weighted by molar-refractivity contribution is 5.24. The highest BCUT2D eigenvalue weighted by Crippen LogP contribution is 2.09. The van der Waals surface area contributed by atoms with Crippen LogP contribution in [0.15, 0.2) is 42.5 Å². The standard InChI is InChI=1S/C13H9N2O/c14-9-12-7-4-8-13(15-12)16-10-11-5-2-1-3-6-11/h1-3,5-8H,10H2. The zero-order chi connectivity index (χ0) is 11.2. The number of hydrogen-bond donors (Lipinski definition) is 0. The number of nitrogens with zero attached hydrogens (tertiary/aromatic N) is 2. The van der Waals surface area contributed by atoms with E-state index in [1.807, 2.05) is 36.4 Å². The van der Waals surface area contributed by atoms with Crippen molar-refractivity contribution in [3.63, 3.8) is 0 Å². The molecule has 1 radical (unpaired) electrons. The third-order valence-electron chi connectivity index (χ3n) is 2.00. The van der Waals surface area contributed by atoms with Gasteiger partial charge in [0.25, 0.3) is 0 Å². The Morgan fingerprint density at radius 3 is 2.81 bits per heavy atom. The fourth-order valence-electron chi connectivity index (χ4n) is 1.24.